The summed E-state index contributed by atoms with van der Waals surface area (Å²) < 4.78 is 6.10. The van der Waals surface area contributed by atoms with E-state index in [0.717, 1.165) is 19.5 Å². The molecule has 14 heavy (non-hydrogen) atoms. The van der Waals surface area contributed by atoms with E-state index in [1.807, 2.05) is 22.6 Å². The third kappa shape index (κ3) is 2.06. The maximum absolute atomic E-state index is 11.2. The van der Waals surface area contributed by atoms with Crippen LogP contribution in [0.1, 0.15) is 6.42 Å². The molecule has 1 aliphatic heterocycles. The first-order chi connectivity index (χ1) is 6.77. The van der Waals surface area contributed by atoms with Crippen molar-refractivity contribution in [2.24, 2.45) is 0 Å². The van der Waals surface area contributed by atoms with Crippen LogP contribution in [0.15, 0.2) is 11.1 Å². The number of H-pyrrole nitrogens is 1. The Morgan fingerprint density at radius 1 is 1.64 bits per heavy atom. The molecule has 76 valence electrons. The number of aromatic amines is 1. The van der Waals surface area contributed by atoms with Crippen LogP contribution in [0.5, 0.6) is 5.88 Å². The molecule has 1 saturated heterocycles. The molecule has 2 rings (SSSR count). The van der Waals surface area contributed by atoms with Crippen LogP contribution in [0.4, 0.5) is 0 Å². The third-order valence-electron chi connectivity index (χ3n) is 2.06. The molecule has 5 nitrogen and oxygen atoms in total. The third-order valence-corrected chi connectivity index (χ3v) is 3.01. The largest absolute Gasteiger partial charge is 0.472 e. The maximum Gasteiger partial charge on any atom is 0.268 e. The number of rotatable bonds is 2. The quantitative estimate of drug-likeness (QED) is 0.762. The van der Waals surface area contributed by atoms with Gasteiger partial charge in [0.15, 0.2) is 0 Å². The molecule has 2 heterocycles. The maximum atomic E-state index is 11.2. The first kappa shape index (κ1) is 9.91. The Morgan fingerprint density at radius 3 is 3.21 bits per heavy atom. The predicted octanol–water partition coefficient (Wildman–Crippen LogP) is 0.115. The second-order valence-electron chi connectivity index (χ2n) is 3.08. The Labute approximate surface area is 94.4 Å². The van der Waals surface area contributed by atoms with E-state index in [9.17, 15) is 4.79 Å². The molecule has 0 bridgehead atoms. The summed E-state index contributed by atoms with van der Waals surface area (Å²) in [4.78, 5) is 17.7. The number of halogens is 1. The zero-order chi connectivity index (χ0) is 9.97. The minimum atomic E-state index is -0.151. The number of nitrogens with one attached hydrogen (secondary N) is 2. The summed E-state index contributed by atoms with van der Waals surface area (Å²) in [5, 5.41) is 3.19. The first-order valence-electron chi connectivity index (χ1n) is 4.38. The van der Waals surface area contributed by atoms with E-state index in [2.05, 4.69) is 15.3 Å². The Morgan fingerprint density at radius 2 is 2.50 bits per heavy atom. The van der Waals surface area contributed by atoms with Crippen LogP contribution in [-0.4, -0.2) is 29.2 Å². The van der Waals surface area contributed by atoms with E-state index in [1.54, 1.807) is 0 Å². The van der Waals surface area contributed by atoms with Gasteiger partial charge in [-0.3, -0.25) is 4.79 Å². The fourth-order valence-electron chi connectivity index (χ4n) is 1.34. The lowest BCUT2D eigenvalue weighted by Crippen LogP contribution is -2.22. The fraction of sp³-hybridized carbons (Fsp3) is 0.500. The van der Waals surface area contributed by atoms with Crippen LogP contribution in [0.2, 0.25) is 0 Å². The van der Waals surface area contributed by atoms with Gasteiger partial charge in [0.1, 0.15) is 9.67 Å². The van der Waals surface area contributed by atoms with Crippen molar-refractivity contribution in [3.63, 3.8) is 0 Å². The average Bonchev–Trinajstić information content (AvgIpc) is 2.66. The van der Waals surface area contributed by atoms with Gasteiger partial charge < -0.3 is 15.0 Å². The van der Waals surface area contributed by atoms with E-state index >= 15 is 0 Å². The highest BCUT2D eigenvalue weighted by molar-refractivity contribution is 14.1. The second kappa shape index (κ2) is 4.26. The van der Waals surface area contributed by atoms with E-state index in [1.165, 1.54) is 6.33 Å². The molecule has 1 unspecified atom stereocenters. The number of hydrogen-bond acceptors (Lipinski definition) is 4. The lowest BCUT2D eigenvalue weighted by atomic mass is 10.3. The molecule has 0 spiro atoms. The number of ether oxygens (including phenoxy) is 1. The molecular formula is C8H10IN3O2. The lowest BCUT2D eigenvalue weighted by Gasteiger charge is -2.11. The van der Waals surface area contributed by atoms with E-state index in [-0.39, 0.29) is 11.7 Å². The van der Waals surface area contributed by atoms with Gasteiger partial charge in [-0.05, 0) is 35.6 Å². The van der Waals surface area contributed by atoms with E-state index < -0.39 is 0 Å². The standard InChI is InChI=1S/C8H10IN3O2/c9-6-7(13)11-4-12-8(6)14-5-1-2-10-3-5/h4-5,10H,1-3H2,(H,11,12,13). The monoisotopic (exact) mass is 307 g/mol. The van der Waals surface area contributed by atoms with Crippen molar-refractivity contribution in [2.45, 2.75) is 12.5 Å². The second-order valence-corrected chi connectivity index (χ2v) is 4.16. The van der Waals surface area contributed by atoms with Gasteiger partial charge >= 0.3 is 0 Å². The molecular weight excluding hydrogens is 297 g/mol. The molecule has 0 aliphatic carbocycles. The smallest absolute Gasteiger partial charge is 0.268 e. The van der Waals surface area contributed by atoms with Crippen LogP contribution in [-0.2, 0) is 0 Å². The van der Waals surface area contributed by atoms with Crippen LogP contribution >= 0.6 is 22.6 Å². The van der Waals surface area contributed by atoms with Crippen molar-refractivity contribution < 1.29 is 4.74 Å². The summed E-state index contributed by atoms with van der Waals surface area (Å²) >= 11 is 1.94. The molecule has 2 N–H and O–H groups in total. The van der Waals surface area contributed by atoms with Gasteiger partial charge in [0, 0.05) is 6.54 Å². The molecule has 0 radical (unpaired) electrons. The number of aromatic nitrogens is 2. The zero-order valence-electron chi connectivity index (χ0n) is 7.42. The normalized spacial score (nSPS) is 21.1. The SMILES string of the molecule is O=c1[nH]cnc(OC2CCNC2)c1I. The number of nitrogens with zero attached hydrogens (tertiary/aromatic N) is 1. The highest BCUT2D eigenvalue weighted by atomic mass is 127. The summed E-state index contributed by atoms with van der Waals surface area (Å²) in [5.41, 5.74) is -0.151. The van der Waals surface area contributed by atoms with Crippen molar-refractivity contribution in [1.82, 2.24) is 15.3 Å². The van der Waals surface area contributed by atoms with Gasteiger partial charge in [-0.1, -0.05) is 0 Å². The van der Waals surface area contributed by atoms with E-state index in [0.29, 0.717) is 9.45 Å². The van der Waals surface area contributed by atoms with Gasteiger partial charge in [-0.2, -0.15) is 0 Å². The van der Waals surface area contributed by atoms with Crippen molar-refractivity contribution in [1.29, 1.82) is 0 Å². The van der Waals surface area contributed by atoms with Gasteiger partial charge in [0.2, 0.25) is 5.88 Å². The summed E-state index contributed by atoms with van der Waals surface area (Å²) in [6.45, 7) is 1.79. The Kier molecular flexibility index (Phi) is 3.02. The predicted molar refractivity (Wildman–Crippen MR) is 59.5 cm³/mol. The van der Waals surface area contributed by atoms with Gasteiger partial charge in [0.25, 0.3) is 5.56 Å². The Balaban J connectivity index is 2.15. The summed E-state index contributed by atoms with van der Waals surface area (Å²) in [6.07, 6.45) is 2.46. The molecule has 0 amide bonds. The zero-order valence-corrected chi connectivity index (χ0v) is 9.58. The minimum absolute atomic E-state index is 0.137. The molecule has 6 heteroatoms. The summed E-state index contributed by atoms with van der Waals surface area (Å²) in [6, 6.07) is 0. The molecule has 0 aromatic carbocycles. The number of hydrogen-bond donors (Lipinski definition) is 2. The fourth-order valence-corrected chi connectivity index (χ4v) is 1.76. The Hall–Kier alpha value is -0.630. The molecule has 0 saturated carbocycles. The highest BCUT2D eigenvalue weighted by Gasteiger charge is 2.18. The van der Waals surface area contributed by atoms with Crippen molar-refractivity contribution in [2.75, 3.05) is 13.1 Å². The van der Waals surface area contributed by atoms with Crippen molar-refractivity contribution >= 4 is 22.6 Å². The topological polar surface area (TPSA) is 67.0 Å². The van der Waals surface area contributed by atoms with Crippen LogP contribution in [0.25, 0.3) is 0 Å². The van der Waals surface area contributed by atoms with Crippen molar-refractivity contribution in [3.05, 3.63) is 20.3 Å². The molecule has 1 aromatic rings. The summed E-state index contributed by atoms with van der Waals surface area (Å²) in [5.74, 6) is 0.433. The van der Waals surface area contributed by atoms with Gasteiger partial charge in [-0.25, -0.2) is 4.98 Å². The minimum Gasteiger partial charge on any atom is -0.472 e. The van der Waals surface area contributed by atoms with E-state index in [4.69, 9.17) is 4.74 Å². The molecule has 1 aliphatic rings. The molecule has 1 fully saturated rings. The van der Waals surface area contributed by atoms with Crippen molar-refractivity contribution in [3.8, 4) is 5.88 Å². The van der Waals surface area contributed by atoms with Gasteiger partial charge in [0.05, 0.1) is 6.33 Å². The molecule has 1 atom stereocenters. The van der Waals surface area contributed by atoms with Crippen LogP contribution in [0, 0.1) is 3.57 Å². The first-order valence-corrected chi connectivity index (χ1v) is 5.46. The summed E-state index contributed by atoms with van der Waals surface area (Å²) in [7, 11) is 0. The van der Waals surface area contributed by atoms with Crippen LogP contribution in [0.3, 0.4) is 0 Å². The average molecular weight is 307 g/mol. The highest BCUT2D eigenvalue weighted by Crippen LogP contribution is 2.15. The van der Waals surface area contributed by atoms with Crippen LogP contribution < -0.4 is 15.6 Å². The molecule has 1 aromatic heterocycles. The lowest BCUT2D eigenvalue weighted by molar-refractivity contribution is 0.211. The van der Waals surface area contributed by atoms with Gasteiger partial charge in [-0.15, -0.1) is 0 Å². The Bertz CT molecular complexity index is 373.